The second kappa shape index (κ2) is 5.27. The smallest absolute Gasteiger partial charge is 0.320 e. The van der Waals surface area contributed by atoms with E-state index in [0.29, 0.717) is 5.69 Å². The zero-order chi connectivity index (χ0) is 12.1. The maximum Gasteiger partial charge on any atom is 0.320 e. The Bertz CT molecular complexity index is 404. The van der Waals surface area contributed by atoms with Gasteiger partial charge in [0, 0.05) is 12.6 Å². The van der Waals surface area contributed by atoms with Crippen LogP contribution in [0, 0.1) is 0 Å². The molecule has 5 nitrogen and oxygen atoms in total. The van der Waals surface area contributed by atoms with Crippen molar-refractivity contribution in [1.29, 1.82) is 0 Å². The van der Waals surface area contributed by atoms with Crippen LogP contribution in [0.1, 0.15) is 12.5 Å². The fraction of sp³-hybridized carbons (Fsp3) is 0.273. The highest BCUT2D eigenvalue weighted by Crippen LogP contribution is 2.11. The van der Waals surface area contributed by atoms with Crippen LogP contribution in [0.4, 0.5) is 5.69 Å². The Morgan fingerprint density at radius 2 is 2.19 bits per heavy atom. The van der Waals surface area contributed by atoms with Crippen LogP contribution >= 0.6 is 0 Å². The summed E-state index contributed by atoms with van der Waals surface area (Å²) in [6.45, 7) is 1.41. The predicted molar refractivity (Wildman–Crippen MR) is 60.1 cm³/mol. The number of carboxylic acids is 1. The normalized spacial score (nSPS) is 11.9. The van der Waals surface area contributed by atoms with Gasteiger partial charge in [0.1, 0.15) is 6.04 Å². The van der Waals surface area contributed by atoms with Crippen LogP contribution in [0.25, 0.3) is 0 Å². The minimum atomic E-state index is -1.04. The van der Waals surface area contributed by atoms with Gasteiger partial charge in [0.25, 0.3) is 0 Å². The molecule has 86 valence electrons. The molecule has 1 rings (SSSR count). The summed E-state index contributed by atoms with van der Waals surface area (Å²) in [6.07, 6.45) is 0.239. The van der Waals surface area contributed by atoms with E-state index in [1.54, 1.807) is 24.3 Å². The highest BCUT2D eigenvalue weighted by Gasteiger charge is 2.12. The Hall–Kier alpha value is -1.88. The summed E-state index contributed by atoms with van der Waals surface area (Å²) in [4.78, 5) is 21.4. The number of hydrogen-bond donors (Lipinski definition) is 3. The van der Waals surface area contributed by atoms with E-state index in [1.165, 1.54) is 6.92 Å². The van der Waals surface area contributed by atoms with Gasteiger partial charge in [0.2, 0.25) is 5.91 Å². The van der Waals surface area contributed by atoms with E-state index < -0.39 is 12.0 Å². The lowest BCUT2D eigenvalue weighted by atomic mass is 10.1. The average molecular weight is 222 g/mol. The largest absolute Gasteiger partial charge is 0.480 e. The van der Waals surface area contributed by atoms with Crippen molar-refractivity contribution in [2.45, 2.75) is 19.4 Å². The Morgan fingerprint density at radius 3 is 2.75 bits per heavy atom. The van der Waals surface area contributed by atoms with E-state index in [1.807, 2.05) is 0 Å². The van der Waals surface area contributed by atoms with Gasteiger partial charge >= 0.3 is 5.97 Å². The number of nitrogens with two attached hydrogens (primary N) is 1. The first kappa shape index (κ1) is 12.2. The Labute approximate surface area is 93.3 Å². The number of nitrogens with one attached hydrogen (secondary N) is 1. The van der Waals surface area contributed by atoms with Crippen LogP contribution in [0.2, 0.25) is 0 Å². The van der Waals surface area contributed by atoms with Crippen LogP contribution in [0.3, 0.4) is 0 Å². The maximum atomic E-state index is 10.8. The van der Waals surface area contributed by atoms with E-state index in [0.717, 1.165) is 5.56 Å². The summed E-state index contributed by atoms with van der Waals surface area (Å²) >= 11 is 0. The van der Waals surface area contributed by atoms with Crippen molar-refractivity contribution in [2.24, 2.45) is 5.73 Å². The quantitative estimate of drug-likeness (QED) is 0.695. The Balaban J connectivity index is 2.74. The topological polar surface area (TPSA) is 92.4 Å². The molecule has 1 amide bonds. The van der Waals surface area contributed by atoms with Crippen molar-refractivity contribution in [1.82, 2.24) is 0 Å². The minimum Gasteiger partial charge on any atom is -0.480 e. The van der Waals surface area contributed by atoms with Gasteiger partial charge in [0.05, 0.1) is 0 Å². The second-order valence-corrected chi connectivity index (χ2v) is 3.53. The number of aliphatic carboxylic acids is 1. The molecule has 0 heterocycles. The lowest BCUT2D eigenvalue weighted by molar-refractivity contribution is -0.138. The van der Waals surface area contributed by atoms with E-state index in [9.17, 15) is 9.59 Å². The number of carboxylic acid groups (broad SMARTS) is 1. The van der Waals surface area contributed by atoms with Gasteiger partial charge in [-0.1, -0.05) is 12.1 Å². The van der Waals surface area contributed by atoms with Crippen LogP contribution in [0.15, 0.2) is 24.3 Å². The first-order valence-electron chi connectivity index (χ1n) is 4.84. The van der Waals surface area contributed by atoms with E-state index >= 15 is 0 Å². The van der Waals surface area contributed by atoms with Gasteiger partial charge in [-0.2, -0.15) is 0 Å². The Kier molecular flexibility index (Phi) is 4.02. The first-order valence-corrected chi connectivity index (χ1v) is 4.84. The molecule has 0 radical (unpaired) electrons. The van der Waals surface area contributed by atoms with Gasteiger partial charge in [-0.25, -0.2) is 0 Å². The SMILES string of the molecule is CC(=O)Nc1cccc(CC(N)C(=O)O)c1. The van der Waals surface area contributed by atoms with Crippen molar-refractivity contribution in [2.75, 3.05) is 5.32 Å². The van der Waals surface area contributed by atoms with E-state index in [4.69, 9.17) is 10.8 Å². The number of rotatable bonds is 4. The number of hydrogen-bond acceptors (Lipinski definition) is 3. The van der Waals surface area contributed by atoms with Crippen LogP contribution in [-0.4, -0.2) is 23.0 Å². The highest BCUT2D eigenvalue weighted by atomic mass is 16.4. The summed E-state index contributed by atoms with van der Waals surface area (Å²) in [7, 11) is 0. The molecule has 0 aromatic heterocycles. The van der Waals surface area contributed by atoms with Gasteiger partial charge < -0.3 is 16.2 Å². The summed E-state index contributed by atoms with van der Waals surface area (Å²) in [5.41, 5.74) is 6.83. The lowest BCUT2D eigenvalue weighted by Gasteiger charge is -2.08. The molecule has 0 saturated carbocycles. The monoisotopic (exact) mass is 222 g/mol. The molecule has 0 fully saturated rings. The molecule has 0 aliphatic carbocycles. The molecule has 16 heavy (non-hydrogen) atoms. The molecule has 0 aliphatic rings. The first-order chi connectivity index (χ1) is 7.49. The van der Waals surface area contributed by atoms with Gasteiger partial charge in [0.15, 0.2) is 0 Å². The van der Waals surface area contributed by atoms with Crippen molar-refractivity contribution in [3.8, 4) is 0 Å². The summed E-state index contributed by atoms with van der Waals surface area (Å²) in [5, 5.41) is 11.3. The van der Waals surface area contributed by atoms with Gasteiger partial charge in [-0.3, -0.25) is 9.59 Å². The molecule has 1 unspecified atom stereocenters. The fourth-order valence-corrected chi connectivity index (χ4v) is 1.32. The number of benzene rings is 1. The van der Waals surface area contributed by atoms with Gasteiger partial charge in [-0.05, 0) is 24.1 Å². The molecular formula is C11H14N2O3. The lowest BCUT2D eigenvalue weighted by Crippen LogP contribution is -2.32. The highest BCUT2D eigenvalue weighted by molar-refractivity contribution is 5.88. The van der Waals surface area contributed by atoms with E-state index in [-0.39, 0.29) is 12.3 Å². The molecule has 0 spiro atoms. The van der Waals surface area contributed by atoms with Crippen molar-refractivity contribution in [3.05, 3.63) is 29.8 Å². The molecule has 5 heteroatoms. The predicted octanol–water partition coefficient (Wildman–Crippen LogP) is 0.599. The third kappa shape index (κ3) is 3.70. The minimum absolute atomic E-state index is 0.167. The standard InChI is InChI=1S/C11H14N2O3/c1-7(14)13-9-4-2-3-8(5-9)6-10(12)11(15)16/h2-5,10H,6,12H2,1H3,(H,13,14)(H,15,16). The molecule has 1 aromatic carbocycles. The molecule has 0 saturated heterocycles. The maximum absolute atomic E-state index is 10.8. The third-order valence-electron chi connectivity index (χ3n) is 2.02. The summed E-state index contributed by atoms with van der Waals surface area (Å²) in [5.74, 6) is -1.20. The molecule has 1 atom stereocenters. The Morgan fingerprint density at radius 1 is 1.50 bits per heavy atom. The molecular weight excluding hydrogens is 208 g/mol. The summed E-state index contributed by atoms with van der Waals surface area (Å²) < 4.78 is 0. The zero-order valence-corrected chi connectivity index (χ0v) is 8.93. The number of carbonyl (C=O) groups excluding carboxylic acids is 1. The molecule has 0 aliphatic heterocycles. The van der Waals surface area contributed by atoms with Crippen molar-refractivity contribution in [3.63, 3.8) is 0 Å². The third-order valence-corrected chi connectivity index (χ3v) is 2.02. The van der Waals surface area contributed by atoms with Crippen LogP contribution < -0.4 is 11.1 Å². The fourth-order valence-electron chi connectivity index (χ4n) is 1.32. The van der Waals surface area contributed by atoms with Crippen molar-refractivity contribution < 1.29 is 14.7 Å². The van der Waals surface area contributed by atoms with E-state index in [2.05, 4.69) is 5.32 Å². The van der Waals surface area contributed by atoms with Gasteiger partial charge in [-0.15, -0.1) is 0 Å². The summed E-state index contributed by atoms with van der Waals surface area (Å²) in [6, 6.07) is 6.04. The van der Waals surface area contributed by atoms with Crippen LogP contribution in [0.5, 0.6) is 0 Å². The number of anilines is 1. The number of amides is 1. The number of carbonyl (C=O) groups is 2. The second-order valence-electron chi connectivity index (χ2n) is 3.53. The van der Waals surface area contributed by atoms with Crippen molar-refractivity contribution >= 4 is 17.6 Å². The average Bonchev–Trinajstić information content (AvgIpc) is 2.16. The molecule has 1 aromatic rings. The zero-order valence-electron chi connectivity index (χ0n) is 8.93. The molecule has 0 bridgehead atoms. The van der Waals surface area contributed by atoms with Crippen LogP contribution in [-0.2, 0) is 16.0 Å². The molecule has 4 N–H and O–H groups in total.